The van der Waals surface area contributed by atoms with Crippen LogP contribution in [0, 0.1) is 5.82 Å². The second-order valence-corrected chi connectivity index (χ2v) is 5.23. The van der Waals surface area contributed by atoms with Crippen molar-refractivity contribution in [1.82, 2.24) is 10.9 Å². The summed E-state index contributed by atoms with van der Waals surface area (Å²) < 4.78 is 18.4. The number of nitrogens with one attached hydrogen (secondary N) is 2. The third-order valence-electron chi connectivity index (χ3n) is 3.41. The van der Waals surface area contributed by atoms with Gasteiger partial charge in [-0.1, -0.05) is 36.4 Å². The van der Waals surface area contributed by atoms with Crippen molar-refractivity contribution in [3.8, 4) is 5.75 Å². The number of halogens is 1. The van der Waals surface area contributed by atoms with E-state index in [9.17, 15) is 14.0 Å². The van der Waals surface area contributed by atoms with Gasteiger partial charge in [0.15, 0.2) is 11.6 Å². The molecule has 0 heterocycles. The van der Waals surface area contributed by atoms with E-state index in [-0.39, 0.29) is 30.4 Å². The van der Waals surface area contributed by atoms with Crippen LogP contribution in [0.1, 0.15) is 17.5 Å². The van der Waals surface area contributed by atoms with Gasteiger partial charge in [0.1, 0.15) is 0 Å². The molecule has 0 atom stereocenters. The number of methoxy groups -OCH3 is 1. The molecule has 0 saturated heterocycles. The van der Waals surface area contributed by atoms with Gasteiger partial charge in [0.05, 0.1) is 13.5 Å². The Morgan fingerprint density at radius 2 is 1.71 bits per heavy atom. The first-order valence-electron chi connectivity index (χ1n) is 7.52. The van der Waals surface area contributed by atoms with E-state index in [1.807, 2.05) is 30.3 Å². The lowest BCUT2D eigenvalue weighted by molar-refractivity contribution is -0.128. The molecule has 2 aromatic carbocycles. The number of aryl methyl sites for hydroxylation is 1. The van der Waals surface area contributed by atoms with Crippen molar-refractivity contribution in [1.29, 1.82) is 0 Å². The normalized spacial score (nSPS) is 10.1. The average molecular weight is 330 g/mol. The first-order valence-corrected chi connectivity index (χ1v) is 7.52. The number of carbonyl (C=O) groups is 2. The lowest BCUT2D eigenvalue weighted by Gasteiger charge is -2.08. The summed E-state index contributed by atoms with van der Waals surface area (Å²) in [5, 5.41) is 0. The molecule has 126 valence electrons. The number of amides is 2. The molecule has 5 nitrogen and oxygen atoms in total. The summed E-state index contributed by atoms with van der Waals surface area (Å²) in [6, 6.07) is 13.8. The summed E-state index contributed by atoms with van der Waals surface area (Å²) in [6.07, 6.45) is 0.684. The highest BCUT2D eigenvalue weighted by molar-refractivity contribution is 5.83. The number of benzene rings is 2. The standard InChI is InChI=1S/C18H19FN2O3/c1-24-16-9-7-14(11-15(16)19)8-10-17(22)20-21-18(23)12-13-5-3-2-4-6-13/h2-7,9,11H,8,10,12H2,1H3,(H,20,22)(H,21,23). The van der Waals surface area contributed by atoms with E-state index < -0.39 is 5.82 Å². The molecule has 0 aromatic heterocycles. The number of ether oxygens (including phenoxy) is 1. The molecular weight excluding hydrogens is 311 g/mol. The molecule has 0 aliphatic heterocycles. The Kier molecular flexibility index (Phi) is 6.31. The average Bonchev–Trinajstić information content (AvgIpc) is 2.59. The predicted octanol–water partition coefficient (Wildman–Crippen LogP) is 2.16. The van der Waals surface area contributed by atoms with Gasteiger partial charge in [0, 0.05) is 6.42 Å². The molecule has 2 amide bonds. The monoisotopic (exact) mass is 330 g/mol. The molecule has 0 fully saturated rings. The summed E-state index contributed by atoms with van der Waals surface area (Å²) in [5.74, 6) is -0.944. The van der Waals surface area contributed by atoms with Crippen LogP contribution in [0.25, 0.3) is 0 Å². The number of carbonyl (C=O) groups excluding carboxylic acids is 2. The maximum Gasteiger partial charge on any atom is 0.242 e. The maximum atomic E-state index is 13.6. The lowest BCUT2D eigenvalue weighted by atomic mass is 10.1. The minimum Gasteiger partial charge on any atom is -0.494 e. The van der Waals surface area contributed by atoms with E-state index >= 15 is 0 Å². The molecule has 0 unspecified atom stereocenters. The van der Waals surface area contributed by atoms with E-state index in [1.165, 1.54) is 19.2 Å². The lowest BCUT2D eigenvalue weighted by Crippen LogP contribution is -2.42. The van der Waals surface area contributed by atoms with Gasteiger partial charge in [0.25, 0.3) is 0 Å². The van der Waals surface area contributed by atoms with Crippen LogP contribution in [-0.2, 0) is 22.4 Å². The van der Waals surface area contributed by atoms with Gasteiger partial charge in [-0.05, 0) is 29.7 Å². The Morgan fingerprint density at radius 1 is 1.00 bits per heavy atom. The van der Waals surface area contributed by atoms with Crippen LogP contribution >= 0.6 is 0 Å². The topological polar surface area (TPSA) is 67.4 Å². The van der Waals surface area contributed by atoms with E-state index in [2.05, 4.69) is 10.9 Å². The van der Waals surface area contributed by atoms with Crippen LogP contribution in [-0.4, -0.2) is 18.9 Å². The van der Waals surface area contributed by atoms with Crippen molar-refractivity contribution in [3.63, 3.8) is 0 Å². The second kappa shape index (κ2) is 8.67. The van der Waals surface area contributed by atoms with Gasteiger partial charge in [-0.25, -0.2) is 4.39 Å². The smallest absolute Gasteiger partial charge is 0.242 e. The van der Waals surface area contributed by atoms with Crippen LogP contribution in [0.5, 0.6) is 5.75 Å². The zero-order chi connectivity index (χ0) is 17.4. The molecule has 24 heavy (non-hydrogen) atoms. The number of hydrogen-bond acceptors (Lipinski definition) is 3. The Bertz CT molecular complexity index is 705. The molecule has 0 spiro atoms. The highest BCUT2D eigenvalue weighted by Gasteiger charge is 2.08. The molecule has 2 rings (SSSR count). The van der Waals surface area contributed by atoms with Gasteiger partial charge < -0.3 is 4.74 Å². The fourth-order valence-corrected chi connectivity index (χ4v) is 2.15. The van der Waals surface area contributed by atoms with Crippen LogP contribution in [0.3, 0.4) is 0 Å². The van der Waals surface area contributed by atoms with Crippen LogP contribution in [0.15, 0.2) is 48.5 Å². The molecule has 6 heteroatoms. The predicted molar refractivity (Wildman–Crippen MR) is 87.7 cm³/mol. The quantitative estimate of drug-likeness (QED) is 0.798. The summed E-state index contributed by atoms with van der Waals surface area (Å²) in [5.41, 5.74) is 6.26. The fourth-order valence-electron chi connectivity index (χ4n) is 2.15. The molecule has 0 radical (unpaired) electrons. The molecule has 0 bridgehead atoms. The van der Waals surface area contributed by atoms with Crippen molar-refractivity contribution < 1.29 is 18.7 Å². The molecule has 0 aliphatic rings. The molecule has 0 aliphatic carbocycles. The van der Waals surface area contributed by atoms with Gasteiger partial charge in [-0.2, -0.15) is 0 Å². The largest absolute Gasteiger partial charge is 0.494 e. The van der Waals surface area contributed by atoms with Gasteiger partial charge in [-0.3, -0.25) is 20.4 Å². The second-order valence-electron chi connectivity index (χ2n) is 5.23. The van der Waals surface area contributed by atoms with Crippen LogP contribution < -0.4 is 15.6 Å². The van der Waals surface area contributed by atoms with Gasteiger partial charge in [0.2, 0.25) is 11.8 Å². The summed E-state index contributed by atoms with van der Waals surface area (Å²) >= 11 is 0. The molecule has 2 N–H and O–H groups in total. The van der Waals surface area contributed by atoms with Gasteiger partial charge in [-0.15, -0.1) is 0 Å². The minimum absolute atomic E-state index is 0.136. The third kappa shape index (κ3) is 5.39. The Morgan fingerprint density at radius 3 is 2.38 bits per heavy atom. The number of hydrogen-bond donors (Lipinski definition) is 2. The van der Waals surface area contributed by atoms with E-state index in [4.69, 9.17) is 4.74 Å². The van der Waals surface area contributed by atoms with Crippen molar-refractivity contribution in [2.45, 2.75) is 19.3 Å². The number of hydrazine groups is 1. The van der Waals surface area contributed by atoms with Crippen molar-refractivity contribution in [3.05, 3.63) is 65.5 Å². The zero-order valence-electron chi connectivity index (χ0n) is 13.3. The zero-order valence-corrected chi connectivity index (χ0v) is 13.3. The molecular formula is C18H19FN2O3. The van der Waals surface area contributed by atoms with E-state index in [1.54, 1.807) is 6.07 Å². The maximum absolute atomic E-state index is 13.6. The highest BCUT2D eigenvalue weighted by Crippen LogP contribution is 2.18. The van der Waals surface area contributed by atoms with Crippen LogP contribution in [0.4, 0.5) is 4.39 Å². The first kappa shape index (κ1) is 17.5. The van der Waals surface area contributed by atoms with Gasteiger partial charge >= 0.3 is 0 Å². The van der Waals surface area contributed by atoms with Crippen molar-refractivity contribution in [2.75, 3.05) is 7.11 Å². The fraction of sp³-hybridized carbons (Fsp3) is 0.222. The summed E-state index contributed by atoms with van der Waals surface area (Å²) in [4.78, 5) is 23.5. The van der Waals surface area contributed by atoms with E-state index in [0.29, 0.717) is 12.0 Å². The Balaban J connectivity index is 1.73. The highest BCUT2D eigenvalue weighted by atomic mass is 19.1. The van der Waals surface area contributed by atoms with Crippen molar-refractivity contribution in [2.24, 2.45) is 0 Å². The Labute approximate surface area is 139 Å². The third-order valence-corrected chi connectivity index (χ3v) is 3.41. The molecule has 0 saturated carbocycles. The summed E-state index contributed by atoms with van der Waals surface area (Å²) in [6.45, 7) is 0. The first-order chi connectivity index (χ1) is 11.6. The SMILES string of the molecule is COc1ccc(CCC(=O)NNC(=O)Cc2ccccc2)cc1F. The van der Waals surface area contributed by atoms with Crippen LogP contribution in [0.2, 0.25) is 0 Å². The van der Waals surface area contributed by atoms with E-state index in [0.717, 1.165) is 5.56 Å². The summed E-state index contributed by atoms with van der Waals surface area (Å²) in [7, 11) is 1.39. The number of rotatable bonds is 6. The molecule has 2 aromatic rings. The minimum atomic E-state index is -0.466. The Hall–Kier alpha value is -2.89. The van der Waals surface area contributed by atoms with Crippen molar-refractivity contribution >= 4 is 11.8 Å².